The number of aromatic nitrogens is 4. The van der Waals surface area contributed by atoms with E-state index in [-0.39, 0.29) is 12.3 Å². The lowest BCUT2D eigenvalue weighted by Gasteiger charge is -2.19. The number of benzene rings is 2. The number of amides is 1. The molecule has 0 radical (unpaired) electrons. The van der Waals surface area contributed by atoms with Crippen LogP contribution in [0, 0.1) is 0 Å². The summed E-state index contributed by atoms with van der Waals surface area (Å²) in [7, 11) is 1.89. The van der Waals surface area contributed by atoms with Crippen molar-refractivity contribution < 1.29 is 9.21 Å². The third-order valence-corrected chi connectivity index (χ3v) is 4.93. The summed E-state index contributed by atoms with van der Waals surface area (Å²) < 4.78 is 7.56. The van der Waals surface area contributed by atoms with Crippen LogP contribution in [0.15, 0.2) is 71.4 Å². The SMILES string of the molecule is Cn1ccnc1[C@H](NC(=O)CCc1nnc(-c2ccccc2)o1)c1ccc(Cl)cc1. The zero-order valence-electron chi connectivity index (χ0n) is 16.3. The second kappa shape index (κ2) is 8.92. The molecule has 0 spiro atoms. The maximum atomic E-state index is 12.7. The molecule has 2 aromatic carbocycles. The van der Waals surface area contributed by atoms with Crippen LogP contribution in [0.2, 0.25) is 5.02 Å². The van der Waals surface area contributed by atoms with Gasteiger partial charge in [0, 0.05) is 42.9 Å². The van der Waals surface area contributed by atoms with Crippen molar-refractivity contribution in [2.24, 2.45) is 7.05 Å². The first-order chi connectivity index (χ1) is 14.6. The lowest BCUT2D eigenvalue weighted by molar-refractivity contribution is -0.121. The molecule has 0 saturated carbocycles. The van der Waals surface area contributed by atoms with Gasteiger partial charge in [0.05, 0.1) is 0 Å². The van der Waals surface area contributed by atoms with Crippen molar-refractivity contribution in [1.82, 2.24) is 25.1 Å². The Bertz CT molecular complexity index is 1120. The van der Waals surface area contributed by atoms with Crippen molar-refractivity contribution in [3.8, 4) is 11.5 Å². The zero-order valence-corrected chi connectivity index (χ0v) is 17.1. The van der Waals surface area contributed by atoms with Crippen molar-refractivity contribution in [3.05, 3.63) is 89.3 Å². The Kier molecular flexibility index (Phi) is 5.90. The summed E-state index contributed by atoms with van der Waals surface area (Å²) in [5, 5.41) is 11.8. The highest BCUT2D eigenvalue weighted by atomic mass is 35.5. The first-order valence-corrected chi connectivity index (χ1v) is 9.88. The number of aryl methyl sites for hydroxylation is 2. The summed E-state index contributed by atoms with van der Waals surface area (Å²) in [6.45, 7) is 0. The van der Waals surface area contributed by atoms with Crippen LogP contribution in [-0.4, -0.2) is 25.7 Å². The molecule has 1 N–H and O–H groups in total. The van der Waals surface area contributed by atoms with Crippen LogP contribution >= 0.6 is 11.6 Å². The number of hydrogen-bond donors (Lipinski definition) is 1. The highest BCUT2D eigenvalue weighted by Crippen LogP contribution is 2.23. The number of nitrogens with one attached hydrogen (secondary N) is 1. The molecule has 0 saturated heterocycles. The molecule has 0 aliphatic heterocycles. The van der Waals surface area contributed by atoms with Crippen LogP contribution in [0.4, 0.5) is 0 Å². The van der Waals surface area contributed by atoms with Gasteiger partial charge in [-0.2, -0.15) is 0 Å². The van der Waals surface area contributed by atoms with Gasteiger partial charge in [-0.25, -0.2) is 4.98 Å². The van der Waals surface area contributed by atoms with Crippen molar-refractivity contribution in [3.63, 3.8) is 0 Å². The predicted molar refractivity (Wildman–Crippen MR) is 113 cm³/mol. The predicted octanol–water partition coefficient (Wildman–Crippen LogP) is 3.96. The number of hydrogen-bond acceptors (Lipinski definition) is 5. The van der Waals surface area contributed by atoms with Crippen LogP contribution in [-0.2, 0) is 18.3 Å². The fourth-order valence-electron chi connectivity index (χ4n) is 3.11. The van der Waals surface area contributed by atoms with Crippen molar-refractivity contribution in [1.29, 1.82) is 0 Å². The van der Waals surface area contributed by atoms with Crippen LogP contribution in [0.1, 0.15) is 29.7 Å². The third kappa shape index (κ3) is 4.58. The summed E-state index contributed by atoms with van der Waals surface area (Å²) in [6.07, 6.45) is 4.10. The van der Waals surface area contributed by atoms with E-state index in [9.17, 15) is 4.79 Å². The van der Waals surface area contributed by atoms with Gasteiger partial charge in [0.25, 0.3) is 0 Å². The molecule has 4 aromatic rings. The summed E-state index contributed by atoms with van der Waals surface area (Å²) in [5.74, 6) is 1.45. The summed E-state index contributed by atoms with van der Waals surface area (Å²) in [4.78, 5) is 17.1. The Balaban J connectivity index is 1.44. The lowest BCUT2D eigenvalue weighted by atomic mass is 10.1. The first kappa shape index (κ1) is 19.8. The monoisotopic (exact) mass is 421 g/mol. The van der Waals surface area contributed by atoms with E-state index in [0.717, 1.165) is 17.0 Å². The maximum Gasteiger partial charge on any atom is 0.247 e. The van der Waals surface area contributed by atoms with E-state index in [1.807, 2.05) is 60.3 Å². The second-order valence-electron chi connectivity index (χ2n) is 6.82. The Hall–Kier alpha value is -3.45. The van der Waals surface area contributed by atoms with Gasteiger partial charge in [-0.1, -0.05) is 41.9 Å². The molecular formula is C22H20ClN5O2. The lowest BCUT2D eigenvalue weighted by Crippen LogP contribution is -2.31. The van der Waals surface area contributed by atoms with Crippen LogP contribution in [0.5, 0.6) is 0 Å². The minimum Gasteiger partial charge on any atom is -0.421 e. The van der Waals surface area contributed by atoms with Crippen LogP contribution in [0.3, 0.4) is 0 Å². The van der Waals surface area contributed by atoms with E-state index in [1.54, 1.807) is 18.3 Å². The fourth-order valence-corrected chi connectivity index (χ4v) is 3.24. The molecule has 1 atom stereocenters. The molecule has 0 aliphatic carbocycles. The summed E-state index contributed by atoms with van der Waals surface area (Å²) in [6, 6.07) is 16.5. The maximum absolute atomic E-state index is 12.7. The zero-order chi connectivity index (χ0) is 20.9. The smallest absolute Gasteiger partial charge is 0.247 e. The largest absolute Gasteiger partial charge is 0.421 e. The molecular weight excluding hydrogens is 402 g/mol. The molecule has 0 unspecified atom stereocenters. The van der Waals surface area contributed by atoms with Crippen LogP contribution in [0.25, 0.3) is 11.5 Å². The minimum absolute atomic E-state index is 0.141. The van der Waals surface area contributed by atoms with Gasteiger partial charge in [0.15, 0.2) is 0 Å². The topological polar surface area (TPSA) is 85.8 Å². The normalized spacial score (nSPS) is 11.9. The molecule has 152 valence electrons. The van der Waals surface area contributed by atoms with Gasteiger partial charge in [0.2, 0.25) is 17.7 Å². The number of nitrogens with zero attached hydrogens (tertiary/aromatic N) is 4. The van der Waals surface area contributed by atoms with Gasteiger partial charge in [-0.05, 0) is 29.8 Å². The molecule has 2 heterocycles. The molecule has 8 heteroatoms. The van der Waals surface area contributed by atoms with E-state index in [0.29, 0.717) is 23.2 Å². The average Bonchev–Trinajstić information content (AvgIpc) is 3.41. The van der Waals surface area contributed by atoms with Gasteiger partial charge in [0.1, 0.15) is 11.9 Å². The first-order valence-electron chi connectivity index (χ1n) is 9.50. The Morgan fingerprint density at radius 1 is 1.13 bits per heavy atom. The Morgan fingerprint density at radius 3 is 2.60 bits per heavy atom. The molecule has 0 bridgehead atoms. The number of rotatable bonds is 7. The van der Waals surface area contributed by atoms with E-state index < -0.39 is 6.04 Å². The molecule has 0 aliphatic rings. The second-order valence-corrected chi connectivity index (χ2v) is 7.25. The van der Waals surface area contributed by atoms with Crippen molar-refractivity contribution in [2.75, 3.05) is 0 Å². The average molecular weight is 422 g/mol. The molecule has 0 fully saturated rings. The highest BCUT2D eigenvalue weighted by molar-refractivity contribution is 6.30. The third-order valence-electron chi connectivity index (χ3n) is 4.68. The number of imidazole rings is 1. The van der Waals surface area contributed by atoms with E-state index in [2.05, 4.69) is 20.5 Å². The number of carbonyl (C=O) groups excluding carboxylic acids is 1. The summed E-state index contributed by atoms with van der Waals surface area (Å²) >= 11 is 6.01. The van der Waals surface area contributed by atoms with E-state index in [4.69, 9.17) is 16.0 Å². The molecule has 1 amide bonds. The summed E-state index contributed by atoms with van der Waals surface area (Å²) in [5.41, 5.74) is 1.74. The van der Waals surface area contributed by atoms with Gasteiger partial charge in [-0.3, -0.25) is 4.79 Å². The van der Waals surface area contributed by atoms with E-state index in [1.165, 1.54) is 0 Å². The van der Waals surface area contributed by atoms with Crippen molar-refractivity contribution in [2.45, 2.75) is 18.9 Å². The standard InChI is InChI=1S/C22H20ClN5O2/c1-28-14-13-24-21(28)20(15-7-9-17(23)10-8-15)25-18(29)11-12-19-26-27-22(30-19)16-5-3-2-4-6-16/h2-10,13-14,20H,11-12H2,1H3,(H,25,29)/t20-/m1/s1. The van der Waals surface area contributed by atoms with Gasteiger partial charge >= 0.3 is 0 Å². The molecule has 4 rings (SSSR count). The Labute approximate surface area is 178 Å². The Morgan fingerprint density at radius 2 is 1.90 bits per heavy atom. The van der Waals surface area contributed by atoms with Gasteiger partial charge < -0.3 is 14.3 Å². The van der Waals surface area contributed by atoms with Crippen molar-refractivity contribution >= 4 is 17.5 Å². The van der Waals surface area contributed by atoms with E-state index >= 15 is 0 Å². The number of carbonyl (C=O) groups is 1. The van der Waals surface area contributed by atoms with Crippen LogP contribution < -0.4 is 5.32 Å². The highest BCUT2D eigenvalue weighted by Gasteiger charge is 2.21. The number of halogens is 1. The molecule has 30 heavy (non-hydrogen) atoms. The molecule has 2 aromatic heterocycles. The fraction of sp³-hybridized carbons (Fsp3) is 0.182. The quantitative estimate of drug-likeness (QED) is 0.488. The van der Waals surface area contributed by atoms with Gasteiger partial charge in [-0.15, -0.1) is 10.2 Å². The molecule has 7 nitrogen and oxygen atoms in total. The minimum atomic E-state index is -0.391.